The van der Waals surface area contributed by atoms with E-state index in [0.717, 1.165) is 81.3 Å². The first-order valence-corrected chi connectivity index (χ1v) is 23.6. The zero-order valence-corrected chi connectivity index (χ0v) is 38.6. The minimum absolute atomic E-state index is 0.0276. The second-order valence-corrected chi connectivity index (χ2v) is 18.5. The van der Waals surface area contributed by atoms with Crippen LogP contribution in [0.5, 0.6) is 11.5 Å². The van der Waals surface area contributed by atoms with E-state index in [-0.39, 0.29) is 58.8 Å². The van der Waals surface area contributed by atoms with Crippen LogP contribution in [0.25, 0.3) is 22.0 Å². The predicted octanol–water partition coefficient (Wildman–Crippen LogP) is 6.80. The highest BCUT2D eigenvalue weighted by atomic mass is 35.5. The molecule has 4 aromatic carbocycles. The van der Waals surface area contributed by atoms with Crippen LogP contribution in [0.2, 0.25) is 5.02 Å². The van der Waals surface area contributed by atoms with Gasteiger partial charge in [-0.1, -0.05) is 54.9 Å². The number of aromatic nitrogens is 2. The molecule has 17 heteroatoms. The number of fused-ring (bicyclic) bond motifs is 2. The van der Waals surface area contributed by atoms with Crippen molar-refractivity contribution in [3.05, 3.63) is 106 Å². The van der Waals surface area contributed by atoms with Gasteiger partial charge in [0.25, 0.3) is 0 Å². The lowest BCUT2D eigenvalue weighted by molar-refractivity contribution is -0.120. The molecule has 354 valence electrons. The topological polar surface area (TPSA) is 168 Å². The summed E-state index contributed by atoms with van der Waals surface area (Å²) in [7, 11) is 1.90. The molecule has 9 rings (SSSR count). The maximum Gasteiger partial charge on any atom is 0.329 e. The van der Waals surface area contributed by atoms with E-state index in [1.165, 1.54) is 23.8 Å². The smallest absolute Gasteiger partial charge is 0.329 e. The van der Waals surface area contributed by atoms with Crippen LogP contribution in [0, 0.1) is 11.6 Å². The molecule has 1 aromatic heterocycles. The van der Waals surface area contributed by atoms with Gasteiger partial charge in [0.15, 0.2) is 23.0 Å². The third-order valence-electron chi connectivity index (χ3n) is 14.3. The SMILES string of the molecule is CC1c2c(cc(F)c(Cl)c2-c2c(C(N)=O)ccc(OCCO)c2F)OC1(CNCCCN1CCC(N2CCC(c3ccc4c(N5CCC(=O)NC5=O)nn(C)c4c3)CC2)CC1)c1ccccc1. The van der Waals surface area contributed by atoms with Gasteiger partial charge in [-0.25, -0.2) is 13.6 Å². The summed E-state index contributed by atoms with van der Waals surface area (Å²) < 4.78 is 46.2. The molecular formula is C50H57ClF2N8O6. The van der Waals surface area contributed by atoms with Gasteiger partial charge in [-0.3, -0.25) is 24.5 Å². The van der Waals surface area contributed by atoms with Crippen LogP contribution in [-0.4, -0.2) is 114 Å². The monoisotopic (exact) mass is 938 g/mol. The lowest BCUT2D eigenvalue weighted by Gasteiger charge is -2.42. The zero-order valence-electron chi connectivity index (χ0n) is 37.8. The first kappa shape index (κ1) is 46.5. The Kier molecular flexibility index (Phi) is 13.5. The van der Waals surface area contributed by atoms with Gasteiger partial charge in [0.1, 0.15) is 18.2 Å². The number of nitrogens with zero attached hydrogens (tertiary/aromatic N) is 5. The highest BCUT2D eigenvalue weighted by molar-refractivity contribution is 6.34. The third-order valence-corrected chi connectivity index (χ3v) is 14.7. The lowest BCUT2D eigenvalue weighted by atomic mass is 9.77. The van der Waals surface area contributed by atoms with E-state index in [4.69, 9.17) is 26.8 Å². The number of benzene rings is 4. The number of ether oxygens (including phenoxy) is 2. The lowest BCUT2D eigenvalue weighted by Crippen LogP contribution is -2.49. The van der Waals surface area contributed by atoms with E-state index in [1.54, 1.807) is 4.90 Å². The summed E-state index contributed by atoms with van der Waals surface area (Å²) in [4.78, 5) is 43.7. The quantitative estimate of drug-likeness (QED) is 0.0820. The van der Waals surface area contributed by atoms with E-state index >= 15 is 8.78 Å². The fourth-order valence-electron chi connectivity index (χ4n) is 10.8. The Labute approximate surface area is 393 Å². The summed E-state index contributed by atoms with van der Waals surface area (Å²) in [5.74, 6) is -2.51. The first-order valence-electron chi connectivity index (χ1n) is 23.3. The number of aliphatic hydroxyl groups excluding tert-OH is 1. The number of amides is 4. The number of hydrogen-bond donors (Lipinski definition) is 4. The van der Waals surface area contributed by atoms with Gasteiger partial charge in [0.05, 0.1) is 22.7 Å². The summed E-state index contributed by atoms with van der Waals surface area (Å²) in [6.07, 6.45) is 5.55. The van der Waals surface area contributed by atoms with Crippen molar-refractivity contribution in [1.29, 1.82) is 0 Å². The number of imide groups is 1. The van der Waals surface area contributed by atoms with Crippen molar-refractivity contribution in [2.75, 3.05) is 70.5 Å². The molecular weight excluding hydrogens is 882 g/mol. The van der Waals surface area contributed by atoms with E-state index in [2.05, 4.69) is 43.7 Å². The van der Waals surface area contributed by atoms with Crippen LogP contribution >= 0.6 is 11.6 Å². The number of aryl methyl sites for hydroxylation is 1. The summed E-state index contributed by atoms with van der Waals surface area (Å²) in [5.41, 5.74) is 7.75. The molecule has 5 aromatic rings. The summed E-state index contributed by atoms with van der Waals surface area (Å²) in [6, 6.07) is 20.0. The van der Waals surface area contributed by atoms with Gasteiger partial charge < -0.3 is 35.4 Å². The van der Waals surface area contributed by atoms with Crippen LogP contribution in [0.3, 0.4) is 0 Å². The highest BCUT2D eigenvalue weighted by Crippen LogP contribution is 2.56. The maximum atomic E-state index is 16.4. The van der Waals surface area contributed by atoms with Crippen molar-refractivity contribution < 1.29 is 37.7 Å². The van der Waals surface area contributed by atoms with E-state index in [0.29, 0.717) is 43.0 Å². The normalized spacial score (nSPS) is 20.9. The molecule has 0 aliphatic carbocycles. The van der Waals surface area contributed by atoms with Crippen LogP contribution < -0.4 is 30.7 Å². The fraction of sp³-hybridized carbons (Fsp3) is 0.440. The molecule has 4 aliphatic heterocycles. The summed E-state index contributed by atoms with van der Waals surface area (Å²) in [6.45, 7) is 7.82. The molecule has 2 unspecified atom stereocenters. The molecule has 3 fully saturated rings. The van der Waals surface area contributed by atoms with Gasteiger partial charge in [0, 0.05) is 66.7 Å². The Balaban J connectivity index is 0.802. The predicted molar refractivity (Wildman–Crippen MR) is 252 cm³/mol. The van der Waals surface area contributed by atoms with Crippen LogP contribution in [0.1, 0.15) is 84.3 Å². The van der Waals surface area contributed by atoms with Crippen molar-refractivity contribution in [2.45, 2.75) is 68.9 Å². The van der Waals surface area contributed by atoms with Crippen molar-refractivity contribution in [2.24, 2.45) is 12.8 Å². The van der Waals surface area contributed by atoms with Crippen molar-refractivity contribution in [3.8, 4) is 22.6 Å². The molecule has 4 aliphatic rings. The number of nitrogens with one attached hydrogen (secondary N) is 2. The van der Waals surface area contributed by atoms with Crippen LogP contribution in [-0.2, 0) is 17.4 Å². The average Bonchev–Trinajstić information content (AvgIpc) is 3.81. The molecule has 5 N–H and O–H groups in total. The van der Waals surface area contributed by atoms with Gasteiger partial charge in [0.2, 0.25) is 11.8 Å². The molecule has 14 nitrogen and oxygen atoms in total. The van der Waals surface area contributed by atoms with Crippen LogP contribution in [0.4, 0.5) is 19.4 Å². The fourth-order valence-corrected chi connectivity index (χ4v) is 11.0. The molecule has 2 atom stereocenters. The summed E-state index contributed by atoms with van der Waals surface area (Å²) >= 11 is 6.70. The number of primary amides is 1. The largest absolute Gasteiger partial charge is 0.488 e. The number of nitrogens with two attached hydrogens (primary N) is 1. The van der Waals surface area contributed by atoms with E-state index < -0.39 is 35.1 Å². The zero-order chi connectivity index (χ0) is 47.0. The third kappa shape index (κ3) is 8.97. The van der Waals surface area contributed by atoms with Crippen molar-refractivity contribution in [1.82, 2.24) is 30.2 Å². The molecule has 4 amide bonds. The standard InChI is InChI=1S/C50H57ClF2N8O6/c1-30-42-40(28-37(52)45(51)44(42)43-36(47(54)64)11-12-39(46(43)53)66-26-25-62)67-50(30,33-7-4-3-5-8-33)29-55-18-6-19-59-20-15-34(16-21-59)60-22-13-31(14-23-60)32-9-10-35-38(27-32)58(2)57-48(35)61-24-17-41(63)56-49(61)65/h3-5,7-12,27-28,30-31,34,55,62H,6,13-26,29H2,1-2H3,(H2,54,64)(H,56,63,65). The molecule has 0 radical (unpaired) electrons. The Hall–Kier alpha value is -5.65. The maximum absolute atomic E-state index is 16.4. The van der Waals surface area contributed by atoms with Crippen molar-refractivity contribution >= 4 is 46.2 Å². The van der Waals surface area contributed by atoms with Gasteiger partial charge in [-0.2, -0.15) is 5.10 Å². The number of likely N-dealkylation sites (tertiary alicyclic amines) is 2. The number of hydrogen-bond acceptors (Lipinski definition) is 10. The second-order valence-electron chi connectivity index (χ2n) is 18.2. The summed E-state index contributed by atoms with van der Waals surface area (Å²) in [5, 5.41) is 20.6. The van der Waals surface area contributed by atoms with Crippen LogP contribution in [0.15, 0.2) is 66.7 Å². The van der Waals surface area contributed by atoms with E-state index in [1.807, 2.05) is 49.0 Å². The first-order chi connectivity index (χ1) is 32.4. The average molecular weight is 940 g/mol. The Morgan fingerprint density at radius 2 is 1.78 bits per heavy atom. The molecule has 3 saturated heterocycles. The van der Waals surface area contributed by atoms with Gasteiger partial charge in [-0.05, 0) is 113 Å². The molecule has 5 heterocycles. The number of urea groups is 1. The highest BCUT2D eigenvalue weighted by Gasteiger charge is 2.50. The molecule has 0 saturated carbocycles. The Bertz CT molecular complexity index is 2670. The number of piperidine rings is 2. The second kappa shape index (κ2) is 19.5. The number of rotatable bonds is 15. The molecule has 67 heavy (non-hydrogen) atoms. The minimum Gasteiger partial charge on any atom is -0.488 e. The number of carbonyl (C=O) groups is 3. The molecule has 0 spiro atoms. The minimum atomic E-state index is -1.04. The number of anilines is 1. The van der Waals surface area contributed by atoms with E-state index in [9.17, 15) is 19.5 Å². The number of aliphatic hydroxyl groups is 1. The molecule has 0 bridgehead atoms. The van der Waals surface area contributed by atoms with Gasteiger partial charge >= 0.3 is 6.03 Å². The van der Waals surface area contributed by atoms with Gasteiger partial charge in [-0.15, -0.1) is 0 Å². The number of carbonyl (C=O) groups excluding carboxylic acids is 3. The Morgan fingerprint density at radius 1 is 1.01 bits per heavy atom. The Morgan fingerprint density at radius 3 is 2.49 bits per heavy atom. The number of halogens is 3. The van der Waals surface area contributed by atoms with Crippen molar-refractivity contribution in [3.63, 3.8) is 0 Å².